The van der Waals surface area contributed by atoms with Crippen LogP contribution in [0, 0.1) is 5.92 Å². The summed E-state index contributed by atoms with van der Waals surface area (Å²) in [6.07, 6.45) is 3.88. The zero-order valence-electron chi connectivity index (χ0n) is 10.4. The number of thiocarbonyl (C=S) groups is 1. The summed E-state index contributed by atoms with van der Waals surface area (Å²) in [5.74, 6) is 0.872. The number of rotatable bonds is 5. The first-order valence-corrected chi connectivity index (χ1v) is 6.81. The van der Waals surface area contributed by atoms with Crippen LogP contribution in [-0.4, -0.2) is 23.1 Å². The second-order valence-corrected chi connectivity index (χ2v) is 5.07. The van der Waals surface area contributed by atoms with E-state index in [1.165, 1.54) is 12.8 Å². The molecule has 92 valence electrons. The minimum Gasteiger partial charge on any atom is -0.349 e. The van der Waals surface area contributed by atoms with Gasteiger partial charge in [-0.15, -0.1) is 0 Å². The van der Waals surface area contributed by atoms with Gasteiger partial charge in [-0.25, -0.2) is 0 Å². The Morgan fingerprint density at radius 1 is 1.35 bits per heavy atom. The third kappa shape index (κ3) is 4.00. The molecule has 0 heterocycles. The number of para-hydroxylation sites is 1. The lowest BCUT2D eigenvalue weighted by Crippen LogP contribution is -2.36. The maximum absolute atomic E-state index is 5.48. The summed E-state index contributed by atoms with van der Waals surface area (Å²) in [5.41, 5.74) is 1.08. The first-order chi connectivity index (χ1) is 8.29. The standard InChI is InChI=1S/C14H20N2S/c1-2-10-16(11-12-8-9-12)14(17)15-13-6-4-3-5-7-13/h3-7,12H,2,8-11H2,1H3,(H,15,17). The van der Waals surface area contributed by atoms with Crippen LogP contribution in [0.25, 0.3) is 0 Å². The highest BCUT2D eigenvalue weighted by atomic mass is 32.1. The van der Waals surface area contributed by atoms with Crippen molar-refractivity contribution in [2.45, 2.75) is 26.2 Å². The van der Waals surface area contributed by atoms with Gasteiger partial charge in [-0.05, 0) is 49.5 Å². The van der Waals surface area contributed by atoms with Crippen LogP contribution in [-0.2, 0) is 0 Å². The predicted octanol–water partition coefficient (Wildman–Crippen LogP) is 3.51. The summed E-state index contributed by atoms with van der Waals surface area (Å²) in [5, 5.41) is 4.18. The average molecular weight is 248 g/mol. The van der Waals surface area contributed by atoms with E-state index in [9.17, 15) is 0 Å². The molecule has 0 aliphatic heterocycles. The second kappa shape index (κ2) is 6.01. The van der Waals surface area contributed by atoms with Crippen LogP contribution >= 0.6 is 12.2 Å². The van der Waals surface area contributed by atoms with E-state index < -0.39 is 0 Å². The molecule has 0 saturated heterocycles. The van der Waals surface area contributed by atoms with Crippen LogP contribution in [0.5, 0.6) is 0 Å². The van der Waals surface area contributed by atoms with E-state index in [-0.39, 0.29) is 0 Å². The van der Waals surface area contributed by atoms with Gasteiger partial charge < -0.3 is 10.2 Å². The Hall–Kier alpha value is -1.09. The summed E-state index contributed by atoms with van der Waals surface area (Å²) in [4.78, 5) is 2.31. The monoisotopic (exact) mass is 248 g/mol. The molecule has 2 rings (SSSR count). The van der Waals surface area contributed by atoms with E-state index in [1.807, 2.05) is 30.3 Å². The maximum Gasteiger partial charge on any atom is 0.173 e. The van der Waals surface area contributed by atoms with Gasteiger partial charge in [0.25, 0.3) is 0 Å². The topological polar surface area (TPSA) is 15.3 Å². The van der Waals surface area contributed by atoms with Gasteiger partial charge in [-0.2, -0.15) is 0 Å². The van der Waals surface area contributed by atoms with Crippen molar-refractivity contribution in [1.29, 1.82) is 0 Å². The van der Waals surface area contributed by atoms with Crippen LogP contribution < -0.4 is 5.32 Å². The third-order valence-electron chi connectivity index (χ3n) is 2.98. The van der Waals surface area contributed by atoms with E-state index in [2.05, 4.69) is 17.1 Å². The van der Waals surface area contributed by atoms with Crippen LogP contribution in [0.15, 0.2) is 30.3 Å². The largest absolute Gasteiger partial charge is 0.349 e. The summed E-state index contributed by atoms with van der Waals surface area (Å²) in [6.45, 7) is 4.37. The van der Waals surface area contributed by atoms with Gasteiger partial charge in [-0.3, -0.25) is 0 Å². The molecule has 3 heteroatoms. The molecule has 1 N–H and O–H groups in total. The van der Waals surface area contributed by atoms with Crippen molar-refractivity contribution < 1.29 is 0 Å². The Kier molecular flexibility index (Phi) is 4.37. The molecule has 1 fully saturated rings. The van der Waals surface area contributed by atoms with Crippen molar-refractivity contribution in [3.8, 4) is 0 Å². The molecule has 17 heavy (non-hydrogen) atoms. The van der Waals surface area contributed by atoms with E-state index in [1.54, 1.807) is 0 Å². The molecule has 0 amide bonds. The first kappa shape index (κ1) is 12.4. The van der Waals surface area contributed by atoms with Gasteiger partial charge in [0.15, 0.2) is 5.11 Å². The Morgan fingerprint density at radius 3 is 2.65 bits per heavy atom. The van der Waals surface area contributed by atoms with Crippen LogP contribution in [0.3, 0.4) is 0 Å². The highest BCUT2D eigenvalue weighted by molar-refractivity contribution is 7.80. The van der Waals surface area contributed by atoms with Gasteiger partial charge >= 0.3 is 0 Å². The second-order valence-electron chi connectivity index (χ2n) is 4.69. The van der Waals surface area contributed by atoms with Crippen LogP contribution in [0.2, 0.25) is 0 Å². The third-order valence-corrected chi connectivity index (χ3v) is 3.34. The molecule has 0 aromatic heterocycles. The molecule has 0 unspecified atom stereocenters. The fourth-order valence-electron chi connectivity index (χ4n) is 1.88. The molecular weight excluding hydrogens is 228 g/mol. The average Bonchev–Trinajstić information content (AvgIpc) is 3.14. The lowest BCUT2D eigenvalue weighted by atomic mass is 10.3. The maximum atomic E-state index is 5.48. The molecule has 1 aliphatic rings. The molecule has 1 aromatic rings. The SMILES string of the molecule is CCCN(CC1CC1)C(=S)Nc1ccccc1. The zero-order chi connectivity index (χ0) is 12.1. The first-order valence-electron chi connectivity index (χ1n) is 6.40. The number of hydrogen-bond donors (Lipinski definition) is 1. The molecule has 0 bridgehead atoms. The van der Waals surface area contributed by atoms with Gasteiger partial charge in [-0.1, -0.05) is 25.1 Å². The lowest BCUT2D eigenvalue weighted by molar-refractivity contribution is 0.404. The molecule has 2 nitrogen and oxygen atoms in total. The normalized spacial score (nSPS) is 14.4. The molecule has 1 saturated carbocycles. The van der Waals surface area contributed by atoms with E-state index >= 15 is 0 Å². The van der Waals surface area contributed by atoms with Crippen molar-refractivity contribution in [2.24, 2.45) is 5.92 Å². The summed E-state index contributed by atoms with van der Waals surface area (Å²) < 4.78 is 0. The smallest absolute Gasteiger partial charge is 0.173 e. The fraction of sp³-hybridized carbons (Fsp3) is 0.500. The zero-order valence-corrected chi connectivity index (χ0v) is 11.2. The quantitative estimate of drug-likeness (QED) is 0.803. The Labute approximate surface area is 109 Å². The van der Waals surface area contributed by atoms with Crippen molar-refractivity contribution in [3.05, 3.63) is 30.3 Å². The van der Waals surface area contributed by atoms with Gasteiger partial charge in [0, 0.05) is 18.8 Å². The van der Waals surface area contributed by atoms with Crippen molar-refractivity contribution >= 4 is 23.0 Å². The summed E-state index contributed by atoms with van der Waals surface area (Å²) in [7, 11) is 0. The Morgan fingerprint density at radius 2 is 2.06 bits per heavy atom. The van der Waals surface area contributed by atoms with Gasteiger partial charge in [0.1, 0.15) is 0 Å². The van der Waals surface area contributed by atoms with Crippen LogP contribution in [0.1, 0.15) is 26.2 Å². The van der Waals surface area contributed by atoms with E-state index in [0.29, 0.717) is 0 Å². The molecule has 0 spiro atoms. The molecule has 1 aromatic carbocycles. The number of benzene rings is 1. The Bertz CT molecular complexity index is 360. The number of hydrogen-bond acceptors (Lipinski definition) is 1. The minimum absolute atomic E-state index is 0.866. The summed E-state index contributed by atoms with van der Waals surface area (Å²) in [6, 6.07) is 10.2. The molecule has 1 aliphatic carbocycles. The summed E-state index contributed by atoms with van der Waals surface area (Å²) >= 11 is 5.48. The van der Waals surface area contributed by atoms with Crippen molar-refractivity contribution in [1.82, 2.24) is 4.90 Å². The van der Waals surface area contributed by atoms with Gasteiger partial charge in [0.05, 0.1) is 0 Å². The highest BCUT2D eigenvalue weighted by Crippen LogP contribution is 2.30. The van der Waals surface area contributed by atoms with E-state index in [4.69, 9.17) is 12.2 Å². The highest BCUT2D eigenvalue weighted by Gasteiger charge is 2.25. The van der Waals surface area contributed by atoms with Gasteiger partial charge in [0.2, 0.25) is 0 Å². The van der Waals surface area contributed by atoms with Crippen molar-refractivity contribution in [3.63, 3.8) is 0 Å². The molecular formula is C14H20N2S. The van der Waals surface area contributed by atoms with Crippen molar-refractivity contribution in [2.75, 3.05) is 18.4 Å². The number of nitrogens with zero attached hydrogens (tertiary/aromatic N) is 1. The molecule has 0 radical (unpaired) electrons. The van der Waals surface area contributed by atoms with E-state index in [0.717, 1.165) is 36.2 Å². The predicted molar refractivity (Wildman–Crippen MR) is 77.3 cm³/mol. The lowest BCUT2D eigenvalue weighted by Gasteiger charge is -2.25. The fourth-order valence-corrected chi connectivity index (χ4v) is 2.17. The molecule has 0 atom stereocenters. The van der Waals surface area contributed by atoms with Crippen LogP contribution in [0.4, 0.5) is 5.69 Å². The number of nitrogens with one attached hydrogen (secondary N) is 1. The Balaban J connectivity index is 1.90. The minimum atomic E-state index is 0.866. The number of anilines is 1.